The van der Waals surface area contributed by atoms with Gasteiger partial charge in [0.2, 0.25) is 21.8 Å². The van der Waals surface area contributed by atoms with Crippen molar-refractivity contribution in [1.82, 2.24) is 14.9 Å². The minimum absolute atomic E-state index is 0.0671. The molecule has 3 atom stereocenters. The molecule has 0 aromatic heterocycles. The van der Waals surface area contributed by atoms with Crippen LogP contribution in [-0.2, 0) is 19.6 Å². The molecule has 1 saturated heterocycles. The predicted octanol–water partition coefficient (Wildman–Crippen LogP) is 1.94. The zero-order chi connectivity index (χ0) is 27.4. The van der Waals surface area contributed by atoms with Crippen LogP contribution in [0.2, 0.25) is 0 Å². The lowest BCUT2D eigenvalue weighted by Gasteiger charge is -2.46. The van der Waals surface area contributed by atoms with E-state index in [2.05, 4.69) is 10.0 Å². The highest BCUT2D eigenvalue weighted by atomic mass is 32.2. The molecule has 0 saturated carbocycles. The summed E-state index contributed by atoms with van der Waals surface area (Å²) in [4.78, 5) is 29.2. The summed E-state index contributed by atoms with van der Waals surface area (Å²) in [6.07, 6.45) is 1.02. The van der Waals surface area contributed by atoms with Gasteiger partial charge in [0, 0.05) is 6.54 Å². The van der Waals surface area contributed by atoms with Crippen molar-refractivity contribution in [1.29, 1.82) is 0 Å². The Kier molecular flexibility index (Phi) is 9.17. The van der Waals surface area contributed by atoms with Gasteiger partial charge in [-0.3, -0.25) is 9.59 Å². The van der Waals surface area contributed by atoms with Crippen LogP contribution >= 0.6 is 0 Å². The van der Waals surface area contributed by atoms with Gasteiger partial charge in [-0.25, -0.2) is 8.42 Å². The molecule has 0 aliphatic carbocycles. The third-order valence-corrected chi connectivity index (χ3v) is 8.52. The second kappa shape index (κ2) is 11.8. The minimum Gasteiger partial charge on any atom is -0.426 e. The number of nitrogens with zero attached hydrogens (tertiary/aromatic N) is 1. The summed E-state index contributed by atoms with van der Waals surface area (Å²) in [5, 5.41) is 22.0. The maximum absolute atomic E-state index is 14.2. The molecule has 4 N–H and O–H groups in total. The fourth-order valence-corrected chi connectivity index (χ4v) is 6.45. The van der Waals surface area contributed by atoms with E-state index in [1.54, 1.807) is 76.2 Å². The summed E-state index contributed by atoms with van der Waals surface area (Å²) in [7, 11) is -5.82. The molecule has 3 rings (SSSR count). The summed E-state index contributed by atoms with van der Waals surface area (Å²) in [5.74, 6) is -2.40. The average Bonchev–Trinajstić information content (AvgIpc) is 2.85. The second-order valence-corrected chi connectivity index (χ2v) is 11.6. The normalized spacial score (nSPS) is 20.0. The number of sulfonamides is 1. The highest BCUT2D eigenvalue weighted by Crippen LogP contribution is 2.36. The quantitative estimate of drug-likeness (QED) is 0.348. The number of nitrogens with one attached hydrogen (secondary N) is 2. The molecule has 0 bridgehead atoms. The SMILES string of the molecule is CCC(NC(=O)[C@H](c1ccccc1)N1CCCC(NS(=O)(=O)c2cccc(C)c2)(C(C)C)C1=O)B(O)O. The molecule has 2 amide bonds. The summed E-state index contributed by atoms with van der Waals surface area (Å²) in [6, 6.07) is 14.1. The lowest BCUT2D eigenvalue weighted by atomic mass is 9.77. The molecule has 37 heavy (non-hydrogen) atoms. The maximum Gasteiger partial charge on any atom is 0.475 e. The number of benzene rings is 2. The lowest BCUT2D eigenvalue weighted by Crippen LogP contribution is -2.66. The third kappa shape index (κ3) is 6.23. The molecule has 2 unspecified atom stereocenters. The Morgan fingerprint density at radius 1 is 1.14 bits per heavy atom. The Bertz CT molecular complexity index is 1210. The van der Waals surface area contributed by atoms with Crippen molar-refractivity contribution in [2.75, 3.05) is 6.54 Å². The summed E-state index contributed by atoms with van der Waals surface area (Å²) >= 11 is 0. The first-order valence-electron chi connectivity index (χ1n) is 12.6. The van der Waals surface area contributed by atoms with Crippen LogP contribution in [-0.4, -0.2) is 60.3 Å². The van der Waals surface area contributed by atoms with E-state index in [0.717, 1.165) is 5.56 Å². The van der Waals surface area contributed by atoms with Crippen molar-refractivity contribution in [3.05, 3.63) is 65.7 Å². The van der Waals surface area contributed by atoms with Gasteiger partial charge in [-0.15, -0.1) is 0 Å². The third-order valence-electron chi connectivity index (χ3n) is 7.02. The molecule has 0 radical (unpaired) electrons. The molecule has 200 valence electrons. The van der Waals surface area contributed by atoms with Crippen molar-refractivity contribution >= 4 is 29.0 Å². The number of piperidine rings is 1. The number of carbonyl (C=O) groups excluding carboxylic acids is 2. The van der Waals surface area contributed by atoms with Gasteiger partial charge in [-0.1, -0.05) is 63.2 Å². The van der Waals surface area contributed by atoms with Crippen molar-refractivity contribution in [3.8, 4) is 0 Å². The standard InChI is InChI=1S/C26H36BN3O6S/c1-5-22(27(33)34)28-24(31)23(20-12-7-6-8-13-20)30-16-10-15-26(18(2)3,25(30)32)29-37(35,36)21-14-9-11-19(4)17-21/h6-9,11-14,17-18,22-23,29,33-34H,5,10,15-16H2,1-4H3,(H,28,31)/t22?,23-,26?/m0/s1. The van der Waals surface area contributed by atoms with E-state index in [1.165, 1.54) is 11.0 Å². The van der Waals surface area contributed by atoms with E-state index in [-0.39, 0.29) is 24.3 Å². The summed E-state index contributed by atoms with van der Waals surface area (Å²) < 4.78 is 29.6. The molecule has 9 nitrogen and oxygen atoms in total. The van der Waals surface area contributed by atoms with E-state index in [0.29, 0.717) is 12.0 Å². The molecule has 2 aromatic carbocycles. The van der Waals surface area contributed by atoms with Crippen LogP contribution < -0.4 is 10.0 Å². The van der Waals surface area contributed by atoms with Gasteiger partial charge >= 0.3 is 7.12 Å². The van der Waals surface area contributed by atoms with Crippen LogP contribution in [0.25, 0.3) is 0 Å². The van der Waals surface area contributed by atoms with Gasteiger partial charge in [0.05, 0.1) is 10.8 Å². The highest BCUT2D eigenvalue weighted by Gasteiger charge is 2.51. The van der Waals surface area contributed by atoms with Crippen LogP contribution in [0, 0.1) is 12.8 Å². The van der Waals surface area contributed by atoms with E-state index in [4.69, 9.17) is 0 Å². The predicted molar refractivity (Wildman–Crippen MR) is 142 cm³/mol. The molecular formula is C26H36BN3O6S. The van der Waals surface area contributed by atoms with Crippen LogP contribution in [0.5, 0.6) is 0 Å². The number of hydrogen-bond donors (Lipinski definition) is 4. The number of aryl methyl sites for hydroxylation is 1. The smallest absolute Gasteiger partial charge is 0.426 e. The number of carbonyl (C=O) groups is 2. The van der Waals surface area contributed by atoms with Gasteiger partial charge in [-0.05, 0) is 55.4 Å². The zero-order valence-corrected chi connectivity index (χ0v) is 22.5. The zero-order valence-electron chi connectivity index (χ0n) is 21.7. The first-order valence-corrected chi connectivity index (χ1v) is 14.0. The number of rotatable bonds is 10. The van der Waals surface area contributed by atoms with E-state index >= 15 is 0 Å². The highest BCUT2D eigenvalue weighted by molar-refractivity contribution is 7.89. The average molecular weight is 529 g/mol. The molecule has 1 aliphatic rings. The Balaban J connectivity index is 2.03. The fourth-order valence-electron chi connectivity index (χ4n) is 4.83. The second-order valence-electron chi connectivity index (χ2n) is 9.90. The number of likely N-dealkylation sites (tertiary alicyclic amines) is 1. The topological polar surface area (TPSA) is 136 Å². The molecule has 1 heterocycles. The van der Waals surface area contributed by atoms with Gasteiger partial charge in [0.15, 0.2) is 0 Å². The van der Waals surface area contributed by atoms with E-state index < -0.39 is 52.4 Å². The summed E-state index contributed by atoms with van der Waals surface area (Å²) in [5.41, 5.74) is -0.151. The molecule has 0 spiro atoms. The molecule has 1 aliphatic heterocycles. The van der Waals surface area contributed by atoms with E-state index in [9.17, 15) is 28.1 Å². The van der Waals surface area contributed by atoms with E-state index in [1.807, 2.05) is 0 Å². The van der Waals surface area contributed by atoms with Crippen molar-refractivity contribution in [3.63, 3.8) is 0 Å². The van der Waals surface area contributed by atoms with Crippen LogP contribution in [0.4, 0.5) is 0 Å². The molecule has 1 fully saturated rings. The van der Waals surface area contributed by atoms with Gasteiger partial charge in [0.25, 0.3) is 0 Å². The number of amides is 2. The van der Waals surface area contributed by atoms with Crippen LogP contribution in [0.3, 0.4) is 0 Å². The minimum atomic E-state index is -4.05. The van der Waals surface area contributed by atoms with Crippen molar-refractivity contribution < 1.29 is 28.1 Å². The van der Waals surface area contributed by atoms with Crippen molar-refractivity contribution in [2.45, 2.75) is 69.4 Å². The van der Waals surface area contributed by atoms with Crippen LogP contribution in [0.15, 0.2) is 59.5 Å². The first-order chi connectivity index (χ1) is 17.4. The number of hydrogen-bond acceptors (Lipinski definition) is 6. The summed E-state index contributed by atoms with van der Waals surface area (Å²) in [6.45, 7) is 7.31. The Morgan fingerprint density at radius 3 is 2.38 bits per heavy atom. The Morgan fingerprint density at radius 2 is 1.81 bits per heavy atom. The Hall–Kier alpha value is -2.73. The maximum atomic E-state index is 14.2. The Labute approximate surface area is 219 Å². The first kappa shape index (κ1) is 28.8. The fraction of sp³-hybridized carbons (Fsp3) is 0.462. The van der Waals surface area contributed by atoms with Gasteiger partial charge in [-0.2, -0.15) is 4.72 Å². The van der Waals surface area contributed by atoms with Gasteiger partial charge < -0.3 is 20.3 Å². The largest absolute Gasteiger partial charge is 0.475 e. The van der Waals surface area contributed by atoms with Crippen LogP contribution in [0.1, 0.15) is 57.2 Å². The molecule has 11 heteroatoms. The van der Waals surface area contributed by atoms with Gasteiger partial charge in [0.1, 0.15) is 11.6 Å². The molecule has 2 aromatic rings. The molecular weight excluding hydrogens is 493 g/mol. The van der Waals surface area contributed by atoms with Crippen molar-refractivity contribution in [2.24, 2.45) is 5.92 Å². The monoisotopic (exact) mass is 529 g/mol. The lowest BCUT2D eigenvalue weighted by molar-refractivity contribution is -0.150.